The summed E-state index contributed by atoms with van der Waals surface area (Å²) in [5.74, 6) is 0. The third-order valence-corrected chi connectivity index (χ3v) is 1.31. The number of hydrogen-bond acceptors (Lipinski definition) is 2. The van der Waals surface area contributed by atoms with Crippen molar-refractivity contribution in [1.82, 2.24) is 0 Å². The van der Waals surface area contributed by atoms with Gasteiger partial charge in [0.05, 0.1) is 0 Å². The van der Waals surface area contributed by atoms with Gasteiger partial charge in [0.1, 0.15) is 0 Å². The first-order valence-corrected chi connectivity index (χ1v) is 3.63. The Morgan fingerprint density at radius 1 is 1.71 bits per heavy atom. The molecule has 0 saturated heterocycles. The van der Waals surface area contributed by atoms with Crippen LogP contribution in [0, 0.1) is 0 Å². The first kappa shape index (κ1) is 6.98. The zero-order valence-corrected chi connectivity index (χ0v) is 5.67. The van der Waals surface area contributed by atoms with E-state index in [9.17, 15) is 4.46 Å². The first-order valence-electron chi connectivity index (χ1n) is 2.34. The quantitative estimate of drug-likeness (QED) is 0.390. The van der Waals surface area contributed by atoms with Crippen molar-refractivity contribution >= 4 is 9.41 Å². The lowest BCUT2D eigenvalue weighted by Gasteiger charge is -1.88. The molecule has 0 fully saturated rings. The molecule has 2 nitrogen and oxygen atoms in total. The van der Waals surface area contributed by atoms with Crippen molar-refractivity contribution in [1.29, 1.82) is 0 Å². The predicted octanol–water partition coefficient (Wildman–Crippen LogP) is 0.223. The zero-order valence-electron chi connectivity index (χ0n) is 4.52. The molecule has 0 aliphatic heterocycles. The minimum atomic E-state index is -0.549. The second-order valence-electron chi connectivity index (χ2n) is 1.30. The molecule has 0 aromatic heterocycles. The van der Waals surface area contributed by atoms with Gasteiger partial charge < -0.3 is 9.20 Å². The largest absolute Gasteiger partial charge is 0.392 e. The average molecular weight is 118 g/mol. The number of hydrogen-bond donors (Lipinski definition) is 0. The lowest BCUT2D eigenvalue weighted by Crippen LogP contribution is -1.87. The summed E-state index contributed by atoms with van der Waals surface area (Å²) in [6.45, 7) is 0.745. The highest BCUT2D eigenvalue weighted by Gasteiger charge is 1.81. The second-order valence-corrected chi connectivity index (χ2v) is 2.21. The summed E-state index contributed by atoms with van der Waals surface area (Å²) >= 11 is 0. The van der Waals surface area contributed by atoms with E-state index in [0.29, 0.717) is 0 Å². The first-order chi connectivity index (χ1) is 3.41. The van der Waals surface area contributed by atoms with Gasteiger partial charge in [-0.3, -0.25) is 0 Å². The van der Waals surface area contributed by atoms with Crippen LogP contribution in [0.4, 0.5) is 0 Å². The van der Waals surface area contributed by atoms with Crippen molar-refractivity contribution in [3.8, 4) is 0 Å². The summed E-state index contributed by atoms with van der Waals surface area (Å²) in [5.41, 5.74) is 0. The molecular weight excluding hydrogens is 108 g/mol. The smallest absolute Gasteiger partial charge is 0.261 e. The maximum atomic E-state index is 9.83. The lowest BCUT2D eigenvalue weighted by atomic mass is 10.5. The summed E-state index contributed by atoms with van der Waals surface area (Å²) in [6, 6.07) is 0.827. The van der Waals surface area contributed by atoms with Gasteiger partial charge in [-0.05, 0) is 12.5 Å². The van der Waals surface area contributed by atoms with Gasteiger partial charge in [0.25, 0.3) is 9.41 Å². The molecule has 0 aromatic carbocycles. The molecule has 0 heterocycles. The molecule has 0 bridgehead atoms. The highest BCUT2D eigenvalue weighted by Crippen LogP contribution is 1.83. The van der Waals surface area contributed by atoms with E-state index in [1.54, 1.807) is 7.11 Å². The van der Waals surface area contributed by atoms with Gasteiger partial charge in [0, 0.05) is 13.7 Å². The van der Waals surface area contributed by atoms with Gasteiger partial charge in [-0.25, -0.2) is 0 Å². The van der Waals surface area contributed by atoms with Crippen LogP contribution in [0.5, 0.6) is 0 Å². The fourth-order valence-corrected chi connectivity index (χ4v) is 0.644. The highest BCUT2D eigenvalue weighted by molar-refractivity contribution is 6.16. The molecule has 0 atom stereocenters. The number of methoxy groups -OCH3 is 1. The van der Waals surface area contributed by atoms with Crippen LogP contribution >= 0.6 is 0 Å². The van der Waals surface area contributed by atoms with Crippen LogP contribution in [-0.2, 0) is 9.20 Å². The van der Waals surface area contributed by atoms with Gasteiger partial charge >= 0.3 is 0 Å². The Morgan fingerprint density at radius 2 is 2.43 bits per heavy atom. The number of rotatable bonds is 4. The van der Waals surface area contributed by atoms with Crippen LogP contribution in [0.1, 0.15) is 6.42 Å². The predicted molar refractivity (Wildman–Crippen MR) is 29.1 cm³/mol. The molecule has 0 spiro atoms. The normalized spacial score (nSPS) is 8.71. The van der Waals surface area contributed by atoms with E-state index < -0.39 is 9.41 Å². The molecule has 0 aliphatic carbocycles. The molecule has 0 saturated carbocycles. The third kappa shape index (κ3) is 5.98. The minimum absolute atomic E-state index is 0.549. The molecule has 3 heteroatoms. The van der Waals surface area contributed by atoms with Crippen molar-refractivity contribution in [2.45, 2.75) is 12.5 Å². The van der Waals surface area contributed by atoms with Gasteiger partial charge in [-0.2, -0.15) is 0 Å². The molecule has 0 N–H and O–H groups in total. The van der Waals surface area contributed by atoms with Crippen LogP contribution in [0.15, 0.2) is 0 Å². The van der Waals surface area contributed by atoms with Crippen LogP contribution in [-0.4, -0.2) is 23.1 Å². The molecule has 0 unspecified atom stereocenters. The standard InChI is InChI=1S/C4H10O2Si/c1-6-3-2-4-7-5/h7H,2-4H2,1H3. The summed E-state index contributed by atoms with van der Waals surface area (Å²) < 4.78 is 14.6. The molecule has 0 radical (unpaired) electrons. The number of ether oxygens (including phenoxy) is 1. The molecule has 0 rings (SSSR count). The van der Waals surface area contributed by atoms with Gasteiger partial charge in [0.2, 0.25) is 0 Å². The Bertz CT molecular complexity index is 47.0. The molecule has 0 amide bonds. The second kappa shape index (κ2) is 5.98. The minimum Gasteiger partial charge on any atom is -0.392 e. The van der Waals surface area contributed by atoms with Crippen molar-refractivity contribution in [2.75, 3.05) is 13.7 Å². The van der Waals surface area contributed by atoms with Gasteiger partial charge in [-0.15, -0.1) is 0 Å². The lowest BCUT2D eigenvalue weighted by molar-refractivity contribution is 0.199. The summed E-state index contributed by atoms with van der Waals surface area (Å²) in [6.07, 6.45) is 0.940. The maximum absolute atomic E-state index is 9.83. The van der Waals surface area contributed by atoms with Crippen molar-refractivity contribution in [2.24, 2.45) is 0 Å². The Hall–Kier alpha value is -0.0231. The van der Waals surface area contributed by atoms with E-state index in [-0.39, 0.29) is 0 Å². The van der Waals surface area contributed by atoms with Gasteiger partial charge in [0.15, 0.2) is 0 Å². The Labute approximate surface area is 45.7 Å². The van der Waals surface area contributed by atoms with E-state index in [2.05, 4.69) is 0 Å². The van der Waals surface area contributed by atoms with Crippen LogP contribution < -0.4 is 0 Å². The van der Waals surface area contributed by atoms with Crippen molar-refractivity contribution < 1.29 is 9.20 Å². The van der Waals surface area contributed by atoms with Crippen LogP contribution in [0.25, 0.3) is 0 Å². The van der Waals surface area contributed by atoms with E-state index in [1.807, 2.05) is 0 Å². The van der Waals surface area contributed by atoms with Gasteiger partial charge in [-0.1, -0.05) is 0 Å². The highest BCUT2D eigenvalue weighted by atomic mass is 28.2. The fourth-order valence-electron chi connectivity index (χ4n) is 0.311. The van der Waals surface area contributed by atoms with Crippen LogP contribution in [0.3, 0.4) is 0 Å². The third-order valence-electron chi connectivity index (χ3n) is 0.670. The van der Waals surface area contributed by atoms with E-state index in [4.69, 9.17) is 4.74 Å². The van der Waals surface area contributed by atoms with Crippen molar-refractivity contribution in [3.63, 3.8) is 0 Å². The molecule has 7 heavy (non-hydrogen) atoms. The fraction of sp³-hybridized carbons (Fsp3) is 1.00. The van der Waals surface area contributed by atoms with Crippen molar-refractivity contribution in [3.05, 3.63) is 0 Å². The molecular formula is C4H10O2Si. The van der Waals surface area contributed by atoms with E-state index >= 15 is 0 Å². The molecule has 0 aliphatic rings. The Kier molecular flexibility index (Phi) is 5.96. The van der Waals surface area contributed by atoms with E-state index in [0.717, 1.165) is 19.1 Å². The molecule has 42 valence electrons. The topological polar surface area (TPSA) is 26.3 Å². The van der Waals surface area contributed by atoms with Crippen LogP contribution in [0.2, 0.25) is 6.04 Å². The zero-order chi connectivity index (χ0) is 5.54. The average Bonchev–Trinajstić information content (AvgIpc) is 1.69. The summed E-state index contributed by atoms with van der Waals surface area (Å²) in [5, 5.41) is 0. The maximum Gasteiger partial charge on any atom is 0.261 e. The Balaban J connectivity index is 2.56. The summed E-state index contributed by atoms with van der Waals surface area (Å²) in [7, 11) is 1.10. The molecule has 0 aromatic rings. The van der Waals surface area contributed by atoms with E-state index in [1.165, 1.54) is 0 Å². The monoisotopic (exact) mass is 118 g/mol. The summed E-state index contributed by atoms with van der Waals surface area (Å²) in [4.78, 5) is 0. The SMILES string of the molecule is COCCC[SiH]=O. The Morgan fingerprint density at radius 3 is 2.86 bits per heavy atom.